The number of benzene rings is 8. The Morgan fingerprint density at radius 3 is 1.24 bits per heavy atom. The van der Waals surface area contributed by atoms with Crippen molar-refractivity contribution in [3.63, 3.8) is 0 Å². The van der Waals surface area contributed by atoms with Gasteiger partial charge in [0.05, 0.1) is 11.2 Å². The Bertz CT molecular complexity index is 3170. The first-order chi connectivity index (χ1) is 29.2. The first kappa shape index (κ1) is 34.6. The van der Waals surface area contributed by atoms with Crippen LogP contribution in [-0.2, 0) is 0 Å². The van der Waals surface area contributed by atoms with E-state index in [2.05, 4.69) is 194 Å². The van der Waals surface area contributed by atoms with Crippen molar-refractivity contribution in [1.82, 2.24) is 19.9 Å². The number of fused-ring (bicyclic) bond motifs is 5. The molecule has 0 atom stereocenters. The van der Waals surface area contributed by atoms with Crippen LogP contribution in [-0.4, -0.2) is 19.9 Å². The van der Waals surface area contributed by atoms with Gasteiger partial charge in [-0.15, -0.1) is 11.3 Å². The van der Waals surface area contributed by atoms with Gasteiger partial charge >= 0.3 is 0 Å². The van der Waals surface area contributed by atoms with E-state index in [-0.39, 0.29) is 0 Å². The van der Waals surface area contributed by atoms with Gasteiger partial charge in [0.1, 0.15) is 0 Å². The number of pyridine rings is 1. The lowest BCUT2D eigenvalue weighted by Crippen LogP contribution is -2.00. The van der Waals surface area contributed by atoms with E-state index in [0.29, 0.717) is 17.5 Å². The van der Waals surface area contributed by atoms with E-state index in [1.54, 1.807) is 0 Å². The lowest BCUT2D eigenvalue weighted by atomic mass is 9.96. The molecule has 0 N–H and O–H groups in total. The summed E-state index contributed by atoms with van der Waals surface area (Å²) < 4.78 is 2.50. The molecule has 0 radical (unpaired) electrons. The van der Waals surface area contributed by atoms with Crippen molar-refractivity contribution in [2.75, 3.05) is 0 Å². The van der Waals surface area contributed by atoms with Gasteiger partial charge in [-0.05, 0) is 45.5 Å². The molecule has 0 amide bonds. The lowest BCUT2D eigenvalue weighted by Gasteiger charge is -2.12. The van der Waals surface area contributed by atoms with Crippen LogP contribution in [0.15, 0.2) is 206 Å². The van der Waals surface area contributed by atoms with Crippen LogP contribution in [0, 0.1) is 0 Å². The van der Waals surface area contributed by atoms with Crippen molar-refractivity contribution in [2.45, 2.75) is 0 Å². The van der Waals surface area contributed by atoms with E-state index in [9.17, 15) is 0 Å². The van der Waals surface area contributed by atoms with E-state index in [1.807, 2.05) is 23.5 Å². The zero-order chi connectivity index (χ0) is 39.1. The van der Waals surface area contributed by atoms with Gasteiger partial charge in [-0.2, -0.15) is 0 Å². The molecule has 0 aliphatic carbocycles. The van der Waals surface area contributed by atoms with Crippen LogP contribution in [0.5, 0.6) is 0 Å². The normalized spacial score (nSPS) is 11.4. The largest absolute Gasteiger partial charge is 0.247 e. The number of hydrogen-bond donors (Lipinski definition) is 0. The molecule has 0 saturated carbocycles. The Hall–Kier alpha value is -7.60. The fourth-order valence-electron chi connectivity index (χ4n) is 8.00. The fraction of sp³-hybridized carbons (Fsp3) is 0. The minimum absolute atomic E-state index is 0.620. The summed E-state index contributed by atoms with van der Waals surface area (Å²) in [6, 6.07) is 72.0. The van der Waals surface area contributed by atoms with Crippen molar-refractivity contribution >= 4 is 42.4 Å². The van der Waals surface area contributed by atoms with Crippen molar-refractivity contribution < 1.29 is 0 Å². The van der Waals surface area contributed by atoms with Crippen LogP contribution in [0.3, 0.4) is 0 Å². The molecular formula is C54H34N4S. The maximum absolute atomic E-state index is 5.35. The van der Waals surface area contributed by atoms with Crippen LogP contribution >= 0.6 is 11.3 Å². The summed E-state index contributed by atoms with van der Waals surface area (Å²) >= 11 is 1.84. The summed E-state index contributed by atoms with van der Waals surface area (Å²) in [5.74, 6) is 1.87. The number of hydrogen-bond acceptors (Lipinski definition) is 5. The molecule has 59 heavy (non-hydrogen) atoms. The topological polar surface area (TPSA) is 51.6 Å². The molecule has 0 saturated heterocycles. The van der Waals surface area contributed by atoms with Crippen molar-refractivity contribution in [1.29, 1.82) is 0 Å². The highest BCUT2D eigenvalue weighted by Crippen LogP contribution is 2.45. The Morgan fingerprint density at radius 2 is 0.712 bits per heavy atom. The molecule has 3 aromatic heterocycles. The van der Waals surface area contributed by atoms with Crippen LogP contribution in [0.1, 0.15) is 0 Å². The first-order valence-electron chi connectivity index (χ1n) is 19.7. The van der Waals surface area contributed by atoms with E-state index < -0.39 is 0 Å². The summed E-state index contributed by atoms with van der Waals surface area (Å²) in [5.41, 5.74) is 12.8. The average Bonchev–Trinajstić information content (AvgIpc) is 3.72. The molecule has 0 aliphatic rings. The predicted molar refractivity (Wildman–Crippen MR) is 246 cm³/mol. The van der Waals surface area contributed by atoms with E-state index in [1.165, 1.54) is 36.7 Å². The third kappa shape index (κ3) is 6.44. The Kier molecular flexibility index (Phi) is 8.64. The van der Waals surface area contributed by atoms with E-state index in [0.717, 1.165) is 55.7 Å². The molecule has 11 rings (SSSR count). The molecule has 8 aromatic carbocycles. The Balaban J connectivity index is 1.02. The second-order valence-corrected chi connectivity index (χ2v) is 15.7. The highest BCUT2D eigenvalue weighted by Gasteiger charge is 2.19. The third-order valence-corrected chi connectivity index (χ3v) is 12.2. The molecule has 5 heteroatoms. The monoisotopic (exact) mass is 770 g/mol. The fourth-order valence-corrected chi connectivity index (χ4v) is 9.27. The molecule has 4 nitrogen and oxygen atoms in total. The summed E-state index contributed by atoms with van der Waals surface area (Å²) in [4.78, 5) is 20.6. The van der Waals surface area contributed by atoms with Gasteiger partial charge in [0.25, 0.3) is 0 Å². The number of rotatable bonds is 7. The van der Waals surface area contributed by atoms with Gasteiger partial charge in [0, 0.05) is 47.8 Å². The summed E-state index contributed by atoms with van der Waals surface area (Å²) in [6.45, 7) is 0. The second-order valence-electron chi connectivity index (χ2n) is 14.6. The van der Waals surface area contributed by atoms with Gasteiger partial charge in [0.2, 0.25) is 0 Å². The standard InChI is InChI=1S/C54H34N4S/c1-4-13-35(14-5-1)37-23-29-41(30-24-37)52-56-53(42-31-25-38(26-32-42)36-15-6-2-7-16-36)58-54(57-52)43-33-27-39(28-34-43)44-20-12-21-46-48(44)51-49(45-19-10-11-22-47(45)59-51)50(55-46)40-17-8-3-9-18-40/h1-34H. The molecule has 276 valence electrons. The Morgan fingerprint density at radius 1 is 0.288 bits per heavy atom. The van der Waals surface area contributed by atoms with Crippen LogP contribution in [0.4, 0.5) is 0 Å². The van der Waals surface area contributed by atoms with E-state index in [4.69, 9.17) is 19.9 Å². The third-order valence-electron chi connectivity index (χ3n) is 11.0. The summed E-state index contributed by atoms with van der Waals surface area (Å²) in [6.07, 6.45) is 0. The zero-order valence-electron chi connectivity index (χ0n) is 31.8. The smallest absolute Gasteiger partial charge is 0.164 e. The molecule has 0 bridgehead atoms. The lowest BCUT2D eigenvalue weighted by molar-refractivity contribution is 1.07. The minimum atomic E-state index is 0.620. The number of nitrogens with zero attached hydrogens (tertiary/aromatic N) is 4. The highest BCUT2D eigenvalue weighted by atomic mass is 32.1. The molecule has 11 aromatic rings. The molecule has 0 spiro atoms. The van der Waals surface area contributed by atoms with Crippen molar-refractivity contribution in [3.8, 4) is 78.8 Å². The summed E-state index contributed by atoms with van der Waals surface area (Å²) in [7, 11) is 0. The average molecular weight is 771 g/mol. The maximum Gasteiger partial charge on any atom is 0.164 e. The van der Waals surface area contributed by atoms with Gasteiger partial charge in [0.15, 0.2) is 17.5 Å². The highest BCUT2D eigenvalue weighted by molar-refractivity contribution is 7.26. The van der Waals surface area contributed by atoms with Crippen LogP contribution < -0.4 is 0 Å². The molecular weight excluding hydrogens is 737 g/mol. The number of aromatic nitrogens is 4. The molecule has 0 aliphatic heterocycles. The van der Waals surface area contributed by atoms with Crippen molar-refractivity contribution in [3.05, 3.63) is 206 Å². The van der Waals surface area contributed by atoms with Gasteiger partial charge in [-0.25, -0.2) is 19.9 Å². The van der Waals surface area contributed by atoms with Crippen LogP contribution in [0.2, 0.25) is 0 Å². The molecule has 0 fully saturated rings. The zero-order valence-corrected chi connectivity index (χ0v) is 32.6. The SMILES string of the molecule is c1ccc(-c2ccc(-c3nc(-c4ccc(-c5ccccc5)cc4)nc(-c4ccc(-c5cccc6nc(-c7ccccc7)c7c8ccccc8sc7c56)cc4)n3)cc2)cc1. The minimum Gasteiger partial charge on any atom is -0.247 e. The number of thiophene rings is 1. The predicted octanol–water partition coefficient (Wildman–Crippen LogP) is 14.5. The van der Waals surface area contributed by atoms with E-state index >= 15 is 0 Å². The summed E-state index contributed by atoms with van der Waals surface area (Å²) in [5, 5.41) is 3.60. The van der Waals surface area contributed by atoms with Gasteiger partial charge < -0.3 is 0 Å². The second kappa shape index (κ2) is 14.7. The maximum atomic E-state index is 5.35. The first-order valence-corrected chi connectivity index (χ1v) is 20.5. The van der Waals surface area contributed by atoms with Gasteiger partial charge in [-0.1, -0.05) is 194 Å². The quantitative estimate of drug-likeness (QED) is 0.162. The molecule has 0 unspecified atom stereocenters. The van der Waals surface area contributed by atoms with Crippen LogP contribution in [0.25, 0.3) is 110 Å². The van der Waals surface area contributed by atoms with Crippen molar-refractivity contribution in [2.24, 2.45) is 0 Å². The molecule has 3 heterocycles. The van der Waals surface area contributed by atoms with Gasteiger partial charge in [-0.3, -0.25) is 0 Å². The Labute approximate surface area is 345 Å².